The highest BCUT2D eigenvalue weighted by Gasteiger charge is 2.22. The molecule has 0 spiro atoms. The minimum Gasteiger partial charge on any atom is -0.461 e. The van der Waals surface area contributed by atoms with Gasteiger partial charge in [0.25, 0.3) is 0 Å². The van der Waals surface area contributed by atoms with E-state index in [-0.39, 0.29) is 5.97 Å². The first-order valence-electron chi connectivity index (χ1n) is 6.54. The molecule has 4 heteroatoms. The van der Waals surface area contributed by atoms with Gasteiger partial charge in [-0.1, -0.05) is 24.3 Å². The number of fused-ring (bicyclic) bond motifs is 3. The van der Waals surface area contributed by atoms with Crippen molar-refractivity contribution in [1.82, 2.24) is 4.98 Å². The van der Waals surface area contributed by atoms with E-state index in [1.165, 1.54) is 22.5 Å². The van der Waals surface area contributed by atoms with Crippen LogP contribution in [0.2, 0.25) is 0 Å². The van der Waals surface area contributed by atoms with Gasteiger partial charge in [0.2, 0.25) is 5.01 Å². The molecule has 98 valence electrons. The van der Waals surface area contributed by atoms with E-state index >= 15 is 0 Å². The number of hydrogen-bond donors (Lipinski definition) is 0. The van der Waals surface area contributed by atoms with E-state index in [0.717, 1.165) is 29.8 Å². The molecule has 1 heterocycles. The zero-order chi connectivity index (χ0) is 13.2. The van der Waals surface area contributed by atoms with Crippen molar-refractivity contribution >= 4 is 17.3 Å². The quantitative estimate of drug-likeness (QED) is 0.786. The third-order valence-corrected chi connectivity index (χ3v) is 4.38. The average molecular weight is 273 g/mol. The maximum absolute atomic E-state index is 11.8. The molecule has 0 unspecified atom stereocenters. The van der Waals surface area contributed by atoms with Gasteiger partial charge in [0.05, 0.1) is 17.2 Å². The van der Waals surface area contributed by atoms with Gasteiger partial charge in [0.1, 0.15) is 0 Å². The fraction of sp³-hybridized carbons (Fsp3) is 0.333. The van der Waals surface area contributed by atoms with Crippen molar-refractivity contribution in [2.45, 2.75) is 26.2 Å². The molecule has 1 aliphatic carbocycles. The van der Waals surface area contributed by atoms with Gasteiger partial charge in [0, 0.05) is 0 Å². The highest BCUT2D eigenvalue weighted by Crippen LogP contribution is 2.36. The summed E-state index contributed by atoms with van der Waals surface area (Å²) >= 11 is 1.45. The molecule has 0 atom stereocenters. The number of hydrogen-bond acceptors (Lipinski definition) is 4. The van der Waals surface area contributed by atoms with Crippen molar-refractivity contribution in [2.24, 2.45) is 0 Å². The molecule has 0 saturated heterocycles. The van der Waals surface area contributed by atoms with Crippen molar-refractivity contribution in [3.8, 4) is 10.4 Å². The first-order chi connectivity index (χ1) is 9.29. The predicted molar refractivity (Wildman–Crippen MR) is 75.5 cm³/mol. The number of nitrogens with zero attached hydrogens (tertiary/aromatic N) is 1. The molecule has 3 rings (SSSR count). The third kappa shape index (κ3) is 2.28. The zero-order valence-electron chi connectivity index (χ0n) is 10.8. The normalized spacial score (nSPS) is 13.3. The van der Waals surface area contributed by atoms with Gasteiger partial charge in [-0.15, -0.1) is 11.3 Å². The highest BCUT2D eigenvalue weighted by molar-refractivity contribution is 7.17. The van der Waals surface area contributed by atoms with Crippen LogP contribution in [0.4, 0.5) is 0 Å². The Morgan fingerprint density at radius 2 is 2.21 bits per heavy atom. The number of thiazole rings is 1. The van der Waals surface area contributed by atoms with Gasteiger partial charge in [-0.05, 0) is 37.3 Å². The fourth-order valence-electron chi connectivity index (χ4n) is 2.42. The number of carbonyl (C=O) groups is 1. The summed E-state index contributed by atoms with van der Waals surface area (Å²) in [6, 6.07) is 8.38. The number of esters is 1. The molecule has 0 aliphatic heterocycles. The van der Waals surface area contributed by atoms with Crippen LogP contribution >= 0.6 is 11.3 Å². The monoisotopic (exact) mass is 273 g/mol. The molecule has 1 aromatic carbocycles. The molecule has 2 aromatic rings. The molecule has 0 fully saturated rings. The van der Waals surface area contributed by atoms with Crippen molar-refractivity contribution in [3.63, 3.8) is 0 Å². The predicted octanol–water partition coefficient (Wildman–Crippen LogP) is 3.48. The summed E-state index contributed by atoms with van der Waals surface area (Å²) in [5.74, 6) is -0.307. The number of benzene rings is 1. The second kappa shape index (κ2) is 5.13. The SMILES string of the molecule is CCOC(=O)c1nc2c(s1)-c1ccccc1CCC2. The van der Waals surface area contributed by atoms with Crippen molar-refractivity contribution in [3.05, 3.63) is 40.5 Å². The minimum absolute atomic E-state index is 0.307. The Labute approximate surface area is 116 Å². The molecule has 3 nitrogen and oxygen atoms in total. The second-order valence-corrected chi connectivity index (χ2v) is 5.53. The molecule has 1 aliphatic rings. The van der Waals surface area contributed by atoms with Crippen LogP contribution in [0.3, 0.4) is 0 Å². The lowest BCUT2D eigenvalue weighted by Gasteiger charge is -2.03. The van der Waals surface area contributed by atoms with E-state index in [4.69, 9.17) is 4.74 Å². The van der Waals surface area contributed by atoms with Crippen LogP contribution in [0.25, 0.3) is 10.4 Å². The summed E-state index contributed by atoms with van der Waals surface area (Å²) < 4.78 is 5.03. The fourth-order valence-corrected chi connectivity index (χ4v) is 3.48. The van der Waals surface area contributed by atoms with E-state index in [2.05, 4.69) is 23.2 Å². The lowest BCUT2D eigenvalue weighted by molar-refractivity contribution is 0.0525. The number of rotatable bonds is 2. The van der Waals surface area contributed by atoms with Crippen LogP contribution in [0, 0.1) is 0 Å². The standard InChI is InChI=1S/C15H15NO2S/c1-2-18-15(17)14-16-12-9-5-7-10-6-3-4-8-11(10)13(12)19-14/h3-4,6,8H,2,5,7,9H2,1H3. The van der Waals surface area contributed by atoms with Crippen LogP contribution in [-0.2, 0) is 17.6 Å². The van der Waals surface area contributed by atoms with Gasteiger partial charge >= 0.3 is 5.97 Å². The molecule has 0 radical (unpaired) electrons. The Morgan fingerprint density at radius 1 is 1.37 bits per heavy atom. The molecule has 1 aromatic heterocycles. The first kappa shape index (κ1) is 12.4. The van der Waals surface area contributed by atoms with Gasteiger partial charge in [-0.25, -0.2) is 9.78 Å². The van der Waals surface area contributed by atoms with E-state index < -0.39 is 0 Å². The Morgan fingerprint density at radius 3 is 3.05 bits per heavy atom. The van der Waals surface area contributed by atoms with E-state index in [0.29, 0.717) is 11.6 Å². The van der Waals surface area contributed by atoms with Gasteiger partial charge in [-0.2, -0.15) is 0 Å². The molecule has 0 saturated carbocycles. The smallest absolute Gasteiger partial charge is 0.367 e. The Bertz CT molecular complexity index is 618. The van der Waals surface area contributed by atoms with Gasteiger partial charge in [0.15, 0.2) is 0 Å². The number of aromatic nitrogens is 1. The second-order valence-electron chi connectivity index (χ2n) is 4.53. The molecule has 19 heavy (non-hydrogen) atoms. The maximum Gasteiger partial charge on any atom is 0.367 e. The summed E-state index contributed by atoms with van der Waals surface area (Å²) in [4.78, 5) is 17.4. The van der Waals surface area contributed by atoms with Crippen LogP contribution < -0.4 is 0 Å². The summed E-state index contributed by atoms with van der Waals surface area (Å²) in [7, 11) is 0. The van der Waals surface area contributed by atoms with E-state index in [1.807, 2.05) is 13.0 Å². The first-order valence-corrected chi connectivity index (χ1v) is 7.36. The summed E-state index contributed by atoms with van der Waals surface area (Å²) in [5, 5.41) is 0.476. The molecular weight excluding hydrogens is 258 g/mol. The molecule has 0 N–H and O–H groups in total. The lowest BCUT2D eigenvalue weighted by atomic mass is 10.0. The molecule has 0 bridgehead atoms. The summed E-state index contributed by atoms with van der Waals surface area (Å²) in [6.07, 6.45) is 3.09. The highest BCUT2D eigenvalue weighted by atomic mass is 32.1. The van der Waals surface area contributed by atoms with Crippen molar-refractivity contribution in [2.75, 3.05) is 6.61 Å². The van der Waals surface area contributed by atoms with Crippen LogP contribution in [0.15, 0.2) is 24.3 Å². The summed E-state index contributed by atoms with van der Waals surface area (Å²) in [5.41, 5.74) is 3.61. The van der Waals surface area contributed by atoms with Crippen LogP contribution in [0.5, 0.6) is 0 Å². The van der Waals surface area contributed by atoms with Crippen molar-refractivity contribution < 1.29 is 9.53 Å². The Hall–Kier alpha value is -1.68. The van der Waals surface area contributed by atoms with Crippen molar-refractivity contribution in [1.29, 1.82) is 0 Å². The topological polar surface area (TPSA) is 39.2 Å². The largest absolute Gasteiger partial charge is 0.461 e. The Balaban J connectivity index is 2.06. The summed E-state index contributed by atoms with van der Waals surface area (Å²) in [6.45, 7) is 2.20. The van der Waals surface area contributed by atoms with Gasteiger partial charge < -0.3 is 4.74 Å². The lowest BCUT2D eigenvalue weighted by Crippen LogP contribution is -2.04. The Kier molecular flexibility index (Phi) is 3.34. The van der Waals surface area contributed by atoms with Gasteiger partial charge in [-0.3, -0.25) is 0 Å². The van der Waals surface area contributed by atoms with E-state index in [1.54, 1.807) is 0 Å². The zero-order valence-corrected chi connectivity index (χ0v) is 11.6. The maximum atomic E-state index is 11.8. The number of aryl methyl sites for hydroxylation is 2. The third-order valence-electron chi connectivity index (χ3n) is 3.27. The molecule has 0 amide bonds. The van der Waals surface area contributed by atoms with E-state index in [9.17, 15) is 4.79 Å². The molecular formula is C15H15NO2S. The number of ether oxygens (including phenoxy) is 1. The number of carbonyl (C=O) groups excluding carboxylic acids is 1. The van der Waals surface area contributed by atoms with Crippen LogP contribution in [-0.4, -0.2) is 17.6 Å². The average Bonchev–Trinajstić information content (AvgIpc) is 2.77. The van der Waals surface area contributed by atoms with Crippen LogP contribution in [0.1, 0.15) is 34.4 Å². The minimum atomic E-state index is -0.307.